The van der Waals surface area contributed by atoms with Crippen LogP contribution in [-0.2, 0) is 6.18 Å². The summed E-state index contributed by atoms with van der Waals surface area (Å²) in [7, 11) is 0. The number of ether oxygens (including phenoxy) is 1. The maximum Gasteiger partial charge on any atom is 0.417 e. The molecule has 0 aromatic carbocycles. The number of nitrogens with zero attached hydrogens (tertiary/aromatic N) is 6. The van der Waals surface area contributed by atoms with Crippen LogP contribution in [0.2, 0.25) is 0 Å². The Kier molecular flexibility index (Phi) is 6.47. The van der Waals surface area contributed by atoms with Crippen molar-refractivity contribution in [2.45, 2.75) is 26.1 Å². The van der Waals surface area contributed by atoms with Gasteiger partial charge in [0.25, 0.3) is 5.91 Å². The second-order valence-electron chi connectivity index (χ2n) is 6.45. The summed E-state index contributed by atoms with van der Waals surface area (Å²) in [5, 5.41) is 7.97. The molecular weight excluding hydrogens is 420 g/mol. The fourth-order valence-electron chi connectivity index (χ4n) is 2.83. The number of likely N-dealkylation sites (N-methyl/N-ethyl adjacent to an activating group) is 1. The number of carbonyl (C=O) groups excluding carboxylic acids is 1. The van der Waals surface area contributed by atoms with Gasteiger partial charge in [-0.3, -0.25) is 4.79 Å². The molecule has 0 aliphatic rings. The first-order chi connectivity index (χ1) is 14.7. The van der Waals surface area contributed by atoms with Crippen LogP contribution in [0.5, 0.6) is 5.88 Å². The van der Waals surface area contributed by atoms with Crippen molar-refractivity contribution in [3.8, 4) is 11.7 Å². The number of aromatic nitrogens is 5. The molecule has 8 nitrogen and oxygen atoms in total. The van der Waals surface area contributed by atoms with E-state index in [1.807, 2.05) is 0 Å². The smallest absolute Gasteiger partial charge is 0.417 e. The molecule has 0 radical (unpaired) electrons. The summed E-state index contributed by atoms with van der Waals surface area (Å²) >= 11 is 0. The Bertz CT molecular complexity index is 1040. The Morgan fingerprint density at radius 3 is 2.55 bits per heavy atom. The van der Waals surface area contributed by atoms with Gasteiger partial charge in [0, 0.05) is 18.9 Å². The Labute approximate surface area is 174 Å². The summed E-state index contributed by atoms with van der Waals surface area (Å²) in [5.41, 5.74) is -0.974. The van der Waals surface area contributed by atoms with E-state index in [0.29, 0.717) is 12.3 Å². The summed E-state index contributed by atoms with van der Waals surface area (Å²) in [4.78, 5) is 23.3. The third-order valence-electron chi connectivity index (χ3n) is 4.35. The maximum atomic E-state index is 14.0. The molecule has 0 bridgehead atoms. The van der Waals surface area contributed by atoms with E-state index in [4.69, 9.17) is 4.74 Å². The largest absolute Gasteiger partial charge is 0.473 e. The van der Waals surface area contributed by atoms with Crippen LogP contribution in [0.3, 0.4) is 0 Å². The Morgan fingerprint density at radius 2 is 1.94 bits per heavy atom. The highest BCUT2D eigenvalue weighted by Gasteiger charge is 2.32. The molecule has 12 heteroatoms. The van der Waals surface area contributed by atoms with E-state index < -0.39 is 29.5 Å². The fourth-order valence-corrected chi connectivity index (χ4v) is 2.83. The number of pyridine rings is 2. The van der Waals surface area contributed by atoms with Crippen LogP contribution in [0.25, 0.3) is 5.82 Å². The van der Waals surface area contributed by atoms with Crippen molar-refractivity contribution in [1.82, 2.24) is 29.9 Å². The molecule has 0 aliphatic heterocycles. The first-order valence-electron chi connectivity index (χ1n) is 9.20. The van der Waals surface area contributed by atoms with Gasteiger partial charge in [-0.05, 0) is 32.0 Å². The summed E-state index contributed by atoms with van der Waals surface area (Å²) in [6.07, 6.45) is 0.170. The van der Waals surface area contributed by atoms with Crippen molar-refractivity contribution in [2.75, 3.05) is 13.2 Å². The molecule has 31 heavy (non-hydrogen) atoms. The molecule has 0 saturated heterocycles. The molecular formula is C19H18F4N6O2. The fraction of sp³-hybridized carbons (Fsp3) is 0.316. The Balaban J connectivity index is 1.74. The monoisotopic (exact) mass is 438 g/mol. The zero-order valence-electron chi connectivity index (χ0n) is 16.5. The topological polar surface area (TPSA) is 86.0 Å². The minimum Gasteiger partial charge on any atom is -0.473 e. The average molecular weight is 438 g/mol. The molecule has 1 atom stereocenters. The molecule has 0 aliphatic carbocycles. The first-order valence-corrected chi connectivity index (χ1v) is 9.20. The van der Waals surface area contributed by atoms with Gasteiger partial charge in [-0.25, -0.2) is 14.4 Å². The van der Waals surface area contributed by atoms with Crippen LogP contribution in [0.1, 0.15) is 29.8 Å². The van der Waals surface area contributed by atoms with E-state index in [0.717, 1.165) is 0 Å². The molecule has 1 amide bonds. The van der Waals surface area contributed by atoms with Crippen LogP contribution in [0.4, 0.5) is 17.6 Å². The molecule has 3 aromatic rings. The van der Waals surface area contributed by atoms with Gasteiger partial charge in [0.05, 0.1) is 29.6 Å². The van der Waals surface area contributed by atoms with E-state index in [1.165, 1.54) is 28.3 Å². The number of hydrogen-bond donors (Lipinski definition) is 0. The highest BCUT2D eigenvalue weighted by Crippen LogP contribution is 2.30. The van der Waals surface area contributed by atoms with Gasteiger partial charge in [0.2, 0.25) is 5.88 Å². The number of hydrogen-bond acceptors (Lipinski definition) is 6. The molecule has 0 fully saturated rings. The second kappa shape index (κ2) is 9.06. The highest BCUT2D eigenvalue weighted by atomic mass is 19.4. The third-order valence-corrected chi connectivity index (χ3v) is 4.35. The summed E-state index contributed by atoms with van der Waals surface area (Å²) in [6, 6.07) is 2.92. The predicted molar refractivity (Wildman–Crippen MR) is 100 cm³/mol. The highest BCUT2D eigenvalue weighted by molar-refractivity contribution is 5.97. The molecule has 0 unspecified atom stereocenters. The van der Waals surface area contributed by atoms with Crippen molar-refractivity contribution < 1.29 is 27.1 Å². The van der Waals surface area contributed by atoms with Crippen molar-refractivity contribution in [3.63, 3.8) is 0 Å². The molecule has 3 rings (SSSR count). The van der Waals surface area contributed by atoms with Gasteiger partial charge in [0.1, 0.15) is 6.61 Å². The van der Waals surface area contributed by atoms with Gasteiger partial charge in [0.15, 0.2) is 11.6 Å². The van der Waals surface area contributed by atoms with Gasteiger partial charge in [-0.1, -0.05) is 0 Å². The van der Waals surface area contributed by atoms with Gasteiger partial charge in [-0.15, -0.1) is 4.80 Å². The molecule has 0 N–H and O–H groups in total. The predicted octanol–water partition coefficient (Wildman–Crippen LogP) is 3.14. The van der Waals surface area contributed by atoms with Crippen molar-refractivity contribution in [1.29, 1.82) is 0 Å². The molecule has 0 saturated carbocycles. The van der Waals surface area contributed by atoms with E-state index >= 15 is 0 Å². The number of rotatable bonds is 7. The van der Waals surface area contributed by atoms with Crippen molar-refractivity contribution in [2.24, 2.45) is 0 Å². The lowest BCUT2D eigenvalue weighted by atomic mass is 10.2. The van der Waals surface area contributed by atoms with Crippen molar-refractivity contribution in [3.05, 3.63) is 59.9 Å². The summed E-state index contributed by atoms with van der Waals surface area (Å²) in [6.45, 7) is 3.50. The molecule has 0 spiro atoms. The van der Waals surface area contributed by atoms with Gasteiger partial charge in [-0.2, -0.15) is 23.4 Å². The normalized spacial score (nSPS) is 12.5. The zero-order valence-corrected chi connectivity index (χ0v) is 16.5. The van der Waals surface area contributed by atoms with E-state index in [-0.39, 0.29) is 30.4 Å². The van der Waals surface area contributed by atoms with Gasteiger partial charge < -0.3 is 9.64 Å². The average Bonchev–Trinajstić information content (AvgIpc) is 3.27. The first kappa shape index (κ1) is 22.1. The zero-order chi connectivity index (χ0) is 22.6. The van der Waals surface area contributed by atoms with E-state index in [1.54, 1.807) is 26.0 Å². The quantitative estimate of drug-likeness (QED) is 0.527. The molecule has 3 aromatic heterocycles. The number of amides is 1. The lowest BCUT2D eigenvalue weighted by molar-refractivity contribution is -0.138. The van der Waals surface area contributed by atoms with Gasteiger partial charge >= 0.3 is 6.18 Å². The summed E-state index contributed by atoms with van der Waals surface area (Å²) in [5.74, 6) is -1.97. The van der Waals surface area contributed by atoms with E-state index in [9.17, 15) is 22.4 Å². The van der Waals surface area contributed by atoms with Crippen LogP contribution in [0.15, 0.2) is 43.0 Å². The van der Waals surface area contributed by atoms with Crippen LogP contribution < -0.4 is 4.74 Å². The Morgan fingerprint density at radius 1 is 1.23 bits per heavy atom. The Hall–Kier alpha value is -3.57. The van der Waals surface area contributed by atoms with E-state index in [2.05, 4.69) is 20.2 Å². The minimum absolute atomic E-state index is 0.190. The number of carbonyl (C=O) groups is 1. The molecule has 164 valence electrons. The van der Waals surface area contributed by atoms with Crippen LogP contribution in [-0.4, -0.2) is 55.0 Å². The van der Waals surface area contributed by atoms with Crippen LogP contribution in [0, 0.1) is 5.82 Å². The molecule has 3 heterocycles. The summed E-state index contributed by atoms with van der Waals surface area (Å²) < 4.78 is 57.1. The minimum atomic E-state index is -4.71. The number of halogens is 4. The van der Waals surface area contributed by atoms with Crippen LogP contribution >= 0.6 is 0 Å². The number of alkyl halides is 3. The lowest BCUT2D eigenvalue weighted by Gasteiger charge is -2.28. The van der Waals surface area contributed by atoms with Crippen molar-refractivity contribution >= 4 is 5.91 Å². The SMILES string of the molecule is CCN(C(=O)c1cccnc1-n1nccn1)[C@@H](C)COc1ncc(C(F)(F)F)cc1F. The third kappa shape index (κ3) is 4.95. The second-order valence-corrected chi connectivity index (χ2v) is 6.45. The maximum absolute atomic E-state index is 14.0. The lowest BCUT2D eigenvalue weighted by Crippen LogP contribution is -2.42. The standard InChI is InChI=1S/C19H18F4N6O2/c1-3-28(18(30)14-5-4-6-24-16(14)29-26-7-8-27-29)12(2)11-31-17-15(20)9-13(10-25-17)19(21,22)23/h4-10,12H,3,11H2,1-2H3/t12-/m0/s1.